The van der Waals surface area contributed by atoms with Crippen molar-refractivity contribution in [2.45, 2.75) is 19.9 Å². The lowest BCUT2D eigenvalue weighted by molar-refractivity contribution is 0.453. The van der Waals surface area contributed by atoms with Gasteiger partial charge >= 0.3 is 0 Å². The fraction of sp³-hybridized carbons (Fsp3) is 0.417. The number of nitrogens with one attached hydrogen (secondary N) is 1. The molecule has 1 N–H and O–H groups in total. The Bertz CT molecular complexity index is 523. The van der Waals surface area contributed by atoms with E-state index in [4.69, 9.17) is 4.42 Å². The second-order valence-electron chi connectivity index (χ2n) is 4.31. The first-order chi connectivity index (χ1) is 8.56. The second kappa shape index (κ2) is 5.03. The molecule has 2 aromatic rings. The lowest BCUT2D eigenvalue weighted by Crippen LogP contribution is -2.14. The lowest BCUT2D eigenvalue weighted by atomic mass is 10.3. The van der Waals surface area contributed by atoms with Gasteiger partial charge in [0, 0.05) is 20.3 Å². The van der Waals surface area contributed by atoms with Crippen molar-refractivity contribution in [2.75, 3.05) is 24.3 Å². The standard InChI is InChI=1S/C12H17N5O/c1-8-7-14-11(18-8)9(2)15-10-5-6-13-12(16-10)17(3)4/h5-7,9H,1-4H3,(H,13,15,16)/t9-/m0/s1. The molecule has 96 valence electrons. The number of aromatic nitrogens is 3. The van der Waals surface area contributed by atoms with Crippen LogP contribution in [0.25, 0.3) is 0 Å². The average molecular weight is 247 g/mol. The van der Waals surface area contributed by atoms with E-state index in [9.17, 15) is 0 Å². The molecule has 6 nitrogen and oxygen atoms in total. The number of hydrogen-bond donors (Lipinski definition) is 1. The van der Waals surface area contributed by atoms with Gasteiger partial charge < -0.3 is 14.6 Å². The van der Waals surface area contributed by atoms with E-state index in [0.29, 0.717) is 11.8 Å². The van der Waals surface area contributed by atoms with Crippen molar-refractivity contribution in [3.05, 3.63) is 30.1 Å². The monoisotopic (exact) mass is 247 g/mol. The third-order valence-corrected chi connectivity index (χ3v) is 2.42. The Morgan fingerprint density at radius 3 is 2.72 bits per heavy atom. The van der Waals surface area contributed by atoms with Crippen LogP contribution >= 0.6 is 0 Å². The highest BCUT2D eigenvalue weighted by atomic mass is 16.4. The Labute approximate surface area is 106 Å². The van der Waals surface area contributed by atoms with Gasteiger partial charge in [-0.25, -0.2) is 9.97 Å². The minimum Gasteiger partial charge on any atom is -0.444 e. The molecule has 18 heavy (non-hydrogen) atoms. The molecule has 0 aliphatic carbocycles. The molecule has 0 unspecified atom stereocenters. The van der Waals surface area contributed by atoms with E-state index in [1.54, 1.807) is 12.4 Å². The van der Waals surface area contributed by atoms with Gasteiger partial charge in [0.15, 0.2) is 0 Å². The van der Waals surface area contributed by atoms with Crippen LogP contribution < -0.4 is 10.2 Å². The fourth-order valence-corrected chi connectivity index (χ4v) is 1.50. The average Bonchev–Trinajstić information content (AvgIpc) is 2.76. The molecule has 0 saturated carbocycles. The molecule has 0 aliphatic rings. The minimum absolute atomic E-state index is 0.0383. The van der Waals surface area contributed by atoms with Gasteiger partial charge in [-0.15, -0.1) is 0 Å². The van der Waals surface area contributed by atoms with Crippen LogP contribution in [0.4, 0.5) is 11.8 Å². The molecule has 0 aromatic carbocycles. The van der Waals surface area contributed by atoms with Gasteiger partial charge in [-0.2, -0.15) is 4.98 Å². The van der Waals surface area contributed by atoms with Crippen molar-refractivity contribution < 1.29 is 4.42 Å². The third kappa shape index (κ3) is 2.77. The van der Waals surface area contributed by atoms with Crippen LogP contribution in [-0.2, 0) is 0 Å². The molecule has 2 rings (SSSR count). The van der Waals surface area contributed by atoms with Gasteiger partial charge in [-0.3, -0.25) is 0 Å². The Morgan fingerprint density at radius 2 is 2.11 bits per heavy atom. The summed E-state index contributed by atoms with van der Waals surface area (Å²) in [6.45, 7) is 3.85. The van der Waals surface area contributed by atoms with Crippen LogP contribution in [0, 0.1) is 6.92 Å². The third-order valence-electron chi connectivity index (χ3n) is 2.42. The molecule has 0 aliphatic heterocycles. The van der Waals surface area contributed by atoms with E-state index in [2.05, 4.69) is 20.3 Å². The van der Waals surface area contributed by atoms with Crippen LogP contribution in [0.3, 0.4) is 0 Å². The van der Waals surface area contributed by atoms with Crippen molar-refractivity contribution in [2.24, 2.45) is 0 Å². The first kappa shape index (κ1) is 12.3. The Hall–Kier alpha value is -2.11. The molecule has 6 heteroatoms. The predicted molar refractivity (Wildman–Crippen MR) is 69.6 cm³/mol. The quantitative estimate of drug-likeness (QED) is 0.891. The molecular weight excluding hydrogens is 230 g/mol. The molecule has 1 atom stereocenters. The van der Waals surface area contributed by atoms with Crippen LogP contribution in [-0.4, -0.2) is 29.0 Å². The number of anilines is 2. The molecule has 0 spiro atoms. The maximum Gasteiger partial charge on any atom is 0.226 e. The fourth-order valence-electron chi connectivity index (χ4n) is 1.50. The summed E-state index contributed by atoms with van der Waals surface area (Å²) < 4.78 is 5.47. The first-order valence-corrected chi connectivity index (χ1v) is 5.75. The molecule has 0 fully saturated rings. The highest BCUT2D eigenvalue weighted by molar-refractivity contribution is 5.41. The number of aryl methyl sites for hydroxylation is 1. The van der Waals surface area contributed by atoms with E-state index < -0.39 is 0 Å². The van der Waals surface area contributed by atoms with Crippen LogP contribution in [0.1, 0.15) is 24.6 Å². The van der Waals surface area contributed by atoms with Crippen LogP contribution in [0.15, 0.2) is 22.9 Å². The summed E-state index contributed by atoms with van der Waals surface area (Å²) in [5.41, 5.74) is 0. The van der Waals surface area contributed by atoms with Crippen LogP contribution in [0.2, 0.25) is 0 Å². The number of rotatable bonds is 4. The summed E-state index contributed by atoms with van der Waals surface area (Å²) in [5, 5.41) is 3.23. The molecule has 0 radical (unpaired) electrons. The molecule has 0 amide bonds. The molecule has 0 bridgehead atoms. The maximum atomic E-state index is 5.47. The normalized spacial score (nSPS) is 12.2. The van der Waals surface area contributed by atoms with Crippen molar-refractivity contribution >= 4 is 11.8 Å². The molecule has 2 aromatic heterocycles. The van der Waals surface area contributed by atoms with Gasteiger partial charge in [-0.1, -0.05) is 0 Å². The predicted octanol–water partition coefficient (Wildman–Crippen LogP) is 2.01. The second-order valence-corrected chi connectivity index (χ2v) is 4.31. The Balaban J connectivity index is 2.11. The summed E-state index contributed by atoms with van der Waals surface area (Å²) in [7, 11) is 3.81. The lowest BCUT2D eigenvalue weighted by Gasteiger charge is -2.14. The minimum atomic E-state index is -0.0383. The van der Waals surface area contributed by atoms with Crippen molar-refractivity contribution in [3.63, 3.8) is 0 Å². The maximum absolute atomic E-state index is 5.47. The van der Waals surface area contributed by atoms with E-state index in [0.717, 1.165) is 11.6 Å². The largest absolute Gasteiger partial charge is 0.444 e. The summed E-state index contributed by atoms with van der Waals surface area (Å²) in [4.78, 5) is 14.6. The van der Waals surface area contributed by atoms with E-state index >= 15 is 0 Å². The van der Waals surface area contributed by atoms with E-state index in [1.165, 1.54) is 0 Å². The summed E-state index contributed by atoms with van der Waals surface area (Å²) in [6, 6.07) is 1.78. The molecular formula is C12H17N5O. The van der Waals surface area contributed by atoms with E-state index in [1.807, 2.05) is 38.9 Å². The summed E-state index contributed by atoms with van der Waals surface area (Å²) in [5.74, 6) is 2.86. The van der Waals surface area contributed by atoms with Gasteiger partial charge in [0.05, 0.1) is 6.20 Å². The van der Waals surface area contributed by atoms with Crippen molar-refractivity contribution in [1.82, 2.24) is 15.0 Å². The summed E-state index contributed by atoms with van der Waals surface area (Å²) >= 11 is 0. The Morgan fingerprint density at radius 1 is 1.33 bits per heavy atom. The van der Waals surface area contributed by atoms with Gasteiger partial charge in [0.2, 0.25) is 11.8 Å². The number of oxazole rings is 1. The van der Waals surface area contributed by atoms with Gasteiger partial charge in [-0.05, 0) is 19.9 Å². The zero-order chi connectivity index (χ0) is 13.1. The topological polar surface area (TPSA) is 67.1 Å². The highest BCUT2D eigenvalue weighted by Crippen LogP contribution is 2.18. The molecule has 0 saturated heterocycles. The Kier molecular flexibility index (Phi) is 3.45. The van der Waals surface area contributed by atoms with Gasteiger partial charge in [0.1, 0.15) is 17.6 Å². The van der Waals surface area contributed by atoms with Crippen LogP contribution in [0.5, 0.6) is 0 Å². The zero-order valence-electron chi connectivity index (χ0n) is 11.0. The van der Waals surface area contributed by atoms with E-state index in [-0.39, 0.29) is 6.04 Å². The van der Waals surface area contributed by atoms with Crippen molar-refractivity contribution in [3.8, 4) is 0 Å². The first-order valence-electron chi connectivity index (χ1n) is 5.75. The highest BCUT2D eigenvalue weighted by Gasteiger charge is 2.12. The SMILES string of the molecule is Cc1cnc([C@H](C)Nc2ccnc(N(C)C)n2)o1. The van der Waals surface area contributed by atoms with Gasteiger partial charge in [0.25, 0.3) is 0 Å². The van der Waals surface area contributed by atoms with Crippen molar-refractivity contribution in [1.29, 1.82) is 0 Å². The smallest absolute Gasteiger partial charge is 0.226 e. The summed E-state index contributed by atoms with van der Waals surface area (Å²) in [6.07, 6.45) is 3.43. The zero-order valence-corrected chi connectivity index (χ0v) is 11.0. The number of nitrogens with zero attached hydrogens (tertiary/aromatic N) is 4. The number of hydrogen-bond acceptors (Lipinski definition) is 6. The molecule has 2 heterocycles.